The van der Waals surface area contributed by atoms with Gasteiger partial charge in [-0.1, -0.05) is 0 Å². The third-order valence-electron chi connectivity index (χ3n) is 5.70. The Balaban J connectivity index is 1.78. The zero-order chi connectivity index (χ0) is 24.7. The highest BCUT2D eigenvalue weighted by atomic mass is 19.1. The molecule has 1 N–H and O–H groups in total. The Morgan fingerprint density at radius 1 is 1.21 bits per heavy atom. The SMILES string of the molecule is CC(C)(C)OC(=O)N1CCN(c2cc3c(cc2[N+](=O)[O-])CN(C[C@@H](F)C(C)(C)O)C3=O)CC1. The van der Waals surface area contributed by atoms with Crippen molar-refractivity contribution in [3.8, 4) is 0 Å². The number of benzene rings is 1. The summed E-state index contributed by atoms with van der Waals surface area (Å²) < 4.78 is 19.7. The number of anilines is 1. The zero-order valence-electron chi connectivity index (χ0n) is 19.6. The van der Waals surface area contributed by atoms with Crippen molar-refractivity contribution in [3.63, 3.8) is 0 Å². The normalized spacial score (nSPS) is 17.8. The van der Waals surface area contributed by atoms with Gasteiger partial charge in [0, 0.05) is 44.4 Å². The van der Waals surface area contributed by atoms with Crippen LogP contribution in [0.15, 0.2) is 12.1 Å². The second-order valence-electron chi connectivity index (χ2n) is 10.0. The predicted molar refractivity (Wildman–Crippen MR) is 119 cm³/mol. The highest BCUT2D eigenvalue weighted by molar-refractivity contribution is 6.00. The van der Waals surface area contributed by atoms with E-state index in [1.807, 2.05) is 0 Å². The van der Waals surface area contributed by atoms with Gasteiger partial charge in [-0.3, -0.25) is 14.9 Å². The molecule has 0 bridgehead atoms. The number of piperazine rings is 1. The molecule has 2 heterocycles. The van der Waals surface area contributed by atoms with Gasteiger partial charge >= 0.3 is 6.09 Å². The molecule has 3 rings (SSSR count). The Bertz CT molecular complexity index is 947. The van der Waals surface area contributed by atoms with Gasteiger partial charge in [0.25, 0.3) is 11.6 Å². The lowest BCUT2D eigenvalue weighted by Gasteiger charge is -2.36. The zero-order valence-corrected chi connectivity index (χ0v) is 19.6. The summed E-state index contributed by atoms with van der Waals surface area (Å²) in [6.45, 7) is 9.02. The van der Waals surface area contributed by atoms with Gasteiger partial charge in [-0.2, -0.15) is 0 Å². The van der Waals surface area contributed by atoms with Crippen molar-refractivity contribution in [3.05, 3.63) is 33.4 Å². The largest absolute Gasteiger partial charge is 0.444 e. The summed E-state index contributed by atoms with van der Waals surface area (Å²) in [7, 11) is 0. The van der Waals surface area contributed by atoms with E-state index < -0.39 is 34.3 Å². The number of nitro benzene ring substituents is 1. The summed E-state index contributed by atoms with van der Waals surface area (Å²) in [4.78, 5) is 41.0. The molecule has 1 fully saturated rings. The lowest BCUT2D eigenvalue weighted by molar-refractivity contribution is -0.384. The third kappa shape index (κ3) is 5.52. The van der Waals surface area contributed by atoms with E-state index in [4.69, 9.17) is 4.74 Å². The Morgan fingerprint density at radius 3 is 2.33 bits per heavy atom. The van der Waals surface area contributed by atoms with Crippen LogP contribution in [0.2, 0.25) is 0 Å². The number of ether oxygens (including phenoxy) is 1. The number of carbonyl (C=O) groups is 2. The molecule has 2 aliphatic heterocycles. The van der Waals surface area contributed by atoms with Crippen molar-refractivity contribution >= 4 is 23.4 Å². The van der Waals surface area contributed by atoms with E-state index in [1.54, 1.807) is 30.6 Å². The number of hydrogen-bond acceptors (Lipinski definition) is 7. The maximum atomic E-state index is 14.3. The van der Waals surface area contributed by atoms with E-state index in [1.165, 1.54) is 30.9 Å². The fraction of sp³-hybridized carbons (Fsp3) is 0.636. The number of amides is 2. The minimum absolute atomic E-state index is 0.0399. The number of aliphatic hydroxyl groups is 1. The van der Waals surface area contributed by atoms with Gasteiger partial charge in [0.1, 0.15) is 17.5 Å². The van der Waals surface area contributed by atoms with Crippen LogP contribution in [-0.2, 0) is 11.3 Å². The second kappa shape index (κ2) is 8.77. The monoisotopic (exact) mass is 466 g/mol. The molecule has 0 radical (unpaired) electrons. The summed E-state index contributed by atoms with van der Waals surface area (Å²) in [6, 6.07) is 2.84. The summed E-state index contributed by atoms with van der Waals surface area (Å²) in [5.41, 5.74) is -1.35. The fourth-order valence-electron chi connectivity index (χ4n) is 3.82. The number of nitrogens with zero attached hydrogens (tertiary/aromatic N) is 4. The standard InChI is InChI=1S/C22H31FN4O6/c1-21(2,3)33-20(29)25-8-6-24(7-9-25)16-11-15-14(10-17(16)27(31)32)12-26(19(15)28)13-18(23)22(4,5)30/h10-11,18,30H,6-9,12-13H2,1-5H3/t18-/m1/s1. The van der Waals surface area contributed by atoms with Crippen molar-refractivity contribution in [1.82, 2.24) is 9.80 Å². The maximum Gasteiger partial charge on any atom is 0.410 e. The molecule has 2 amide bonds. The van der Waals surface area contributed by atoms with Crippen LogP contribution in [0.3, 0.4) is 0 Å². The smallest absolute Gasteiger partial charge is 0.410 e. The maximum absolute atomic E-state index is 14.3. The third-order valence-corrected chi connectivity index (χ3v) is 5.70. The molecule has 0 unspecified atom stereocenters. The fourth-order valence-corrected chi connectivity index (χ4v) is 3.82. The highest BCUT2D eigenvalue weighted by Gasteiger charge is 2.37. The van der Waals surface area contributed by atoms with E-state index in [0.717, 1.165) is 0 Å². The van der Waals surface area contributed by atoms with Gasteiger partial charge in [-0.15, -0.1) is 0 Å². The van der Waals surface area contributed by atoms with Crippen LogP contribution in [0.4, 0.5) is 20.6 Å². The topological polar surface area (TPSA) is 116 Å². The Kier molecular flexibility index (Phi) is 6.56. The first-order valence-electron chi connectivity index (χ1n) is 10.9. The average molecular weight is 467 g/mol. The van der Waals surface area contributed by atoms with Crippen molar-refractivity contribution in [1.29, 1.82) is 0 Å². The number of rotatable bonds is 5. The van der Waals surface area contributed by atoms with E-state index >= 15 is 0 Å². The summed E-state index contributed by atoms with van der Waals surface area (Å²) in [6.07, 6.45) is -2.10. The quantitative estimate of drug-likeness (QED) is 0.524. The Hall–Kier alpha value is -2.95. The van der Waals surface area contributed by atoms with Gasteiger partial charge in [0.05, 0.1) is 17.1 Å². The molecule has 0 spiro atoms. The van der Waals surface area contributed by atoms with Gasteiger partial charge in [0.2, 0.25) is 0 Å². The van der Waals surface area contributed by atoms with Gasteiger partial charge < -0.3 is 24.5 Å². The first-order valence-corrected chi connectivity index (χ1v) is 10.9. The van der Waals surface area contributed by atoms with Crippen LogP contribution in [-0.4, -0.2) is 81.9 Å². The summed E-state index contributed by atoms with van der Waals surface area (Å²) in [5, 5.41) is 21.6. The van der Waals surface area contributed by atoms with Crippen LogP contribution < -0.4 is 4.90 Å². The number of hydrogen-bond donors (Lipinski definition) is 1. The van der Waals surface area contributed by atoms with Crippen molar-refractivity contribution in [2.75, 3.05) is 37.6 Å². The van der Waals surface area contributed by atoms with Crippen molar-refractivity contribution < 1.29 is 28.7 Å². The van der Waals surface area contributed by atoms with Gasteiger partial charge in [-0.25, -0.2) is 9.18 Å². The highest BCUT2D eigenvalue weighted by Crippen LogP contribution is 2.36. The number of carbonyl (C=O) groups excluding carboxylic acids is 2. The lowest BCUT2D eigenvalue weighted by Crippen LogP contribution is -2.50. The van der Waals surface area contributed by atoms with Crippen LogP contribution in [0, 0.1) is 10.1 Å². The van der Waals surface area contributed by atoms with Gasteiger partial charge in [0.15, 0.2) is 0 Å². The molecule has 2 aliphatic rings. The number of fused-ring (bicyclic) bond motifs is 1. The molecule has 1 atom stereocenters. The van der Waals surface area contributed by atoms with Crippen molar-refractivity contribution in [2.45, 2.75) is 58.5 Å². The first kappa shape index (κ1) is 24.7. The van der Waals surface area contributed by atoms with E-state index in [2.05, 4.69) is 0 Å². The van der Waals surface area contributed by atoms with Crippen molar-refractivity contribution in [2.24, 2.45) is 0 Å². The molecule has 10 nitrogen and oxygen atoms in total. The molecule has 0 saturated carbocycles. The van der Waals surface area contributed by atoms with E-state index in [0.29, 0.717) is 31.7 Å². The van der Waals surface area contributed by atoms with Crippen LogP contribution in [0.25, 0.3) is 0 Å². The molecule has 1 aromatic carbocycles. The molecule has 1 saturated heterocycles. The molecule has 182 valence electrons. The second-order valence-corrected chi connectivity index (χ2v) is 10.0. The minimum atomic E-state index is -1.66. The van der Waals surface area contributed by atoms with E-state index in [9.17, 15) is 29.2 Å². The number of alkyl halides is 1. The molecular formula is C22H31FN4O6. The molecule has 33 heavy (non-hydrogen) atoms. The number of halogens is 1. The molecule has 0 aromatic heterocycles. The van der Waals surface area contributed by atoms with Crippen LogP contribution in [0.5, 0.6) is 0 Å². The lowest BCUT2D eigenvalue weighted by atomic mass is 10.0. The molecule has 0 aliphatic carbocycles. The van der Waals surface area contributed by atoms with Crippen LogP contribution >= 0.6 is 0 Å². The van der Waals surface area contributed by atoms with E-state index in [-0.39, 0.29) is 30.0 Å². The molecular weight excluding hydrogens is 435 g/mol. The summed E-state index contributed by atoms with van der Waals surface area (Å²) in [5.74, 6) is -0.430. The Labute approximate surface area is 192 Å². The average Bonchev–Trinajstić information content (AvgIpc) is 3.00. The van der Waals surface area contributed by atoms with Crippen LogP contribution in [0.1, 0.15) is 50.5 Å². The molecule has 11 heteroatoms. The predicted octanol–water partition coefficient (Wildman–Crippen LogP) is 2.72. The minimum Gasteiger partial charge on any atom is -0.444 e. The summed E-state index contributed by atoms with van der Waals surface area (Å²) >= 11 is 0. The van der Waals surface area contributed by atoms with Gasteiger partial charge in [-0.05, 0) is 46.2 Å². The number of nitro groups is 1. The molecule has 1 aromatic rings. The first-order chi connectivity index (χ1) is 15.2. The Morgan fingerprint density at radius 2 is 1.82 bits per heavy atom.